The summed E-state index contributed by atoms with van der Waals surface area (Å²) in [5.41, 5.74) is 6.00. The van der Waals surface area contributed by atoms with Gasteiger partial charge in [0.1, 0.15) is 18.5 Å². The number of urea groups is 1. The molecule has 88 valence electrons. The van der Waals surface area contributed by atoms with E-state index in [0.717, 1.165) is 5.56 Å². The number of aliphatic hydroxyl groups is 1. The molecule has 0 heterocycles. The summed E-state index contributed by atoms with van der Waals surface area (Å²) in [5.74, 6) is 0.684. The van der Waals surface area contributed by atoms with E-state index in [1.54, 1.807) is 0 Å². The number of nitrogens with one attached hydrogen (secondary N) is 1. The average Bonchev–Trinajstić information content (AvgIpc) is 2.25. The van der Waals surface area contributed by atoms with Crippen LogP contribution in [0.15, 0.2) is 24.3 Å². The molecule has 0 aliphatic rings. The third-order valence-electron chi connectivity index (χ3n) is 1.98. The average molecular weight is 224 g/mol. The maximum Gasteiger partial charge on any atom is 0.312 e. The Balaban J connectivity index is 2.28. The van der Waals surface area contributed by atoms with E-state index in [9.17, 15) is 9.90 Å². The molecule has 0 fully saturated rings. The predicted octanol–water partition coefficient (Wildman–Crippen LogP) is 0.403. The molecular formula is C11H16N2O3. The van der Waals surface area contributed by atoms with Crippen LogP contribution in [0.25, 0.3) is 0 Å². The molecule has 0 spiro atoms. The van der Waals surface area contributed by atoms with E-state index < -0.39 is 12.1 Å². The van der Waals surface area contributed by atoms with Crippen molar-refractivity contribution in [3.63, 3.8) is 0 Å². The van der Waals surface area contributed by atoms with Gasteiger partial charge in [0.15, 0.2) is 0 Å². The van der Waals surface area contributed by atoms with Crippen LogP contribution < -0.4 is 15.8 Å². The monoisotopic (exact) mass is 224 g/mol. The number of aliphatic hydroxyl groups excluding tert-OH is 1. The lowest BCUT2D eigenvalue weighted by Gasteiger charge is -2.12. The number of carbonyl (C=O) groups excluding carboxylic acids is 1. The maximum atomic E-state index is 10.4. The Bertz CT molecular complexity index is 338. The van der Waals surface area contributed by atoms with Crippen LogP contribution in [0, 0.1) is 6.92 Å². The molecule has 0 unspecified atom stereocenters. The first-order chi connectivity index (χ1) is 7.58. The first-order valence-corrected chi connectivity index (χ1v) is 4.99. The number of hydrogen-bond acceptors (Lipinski definition) is 3. The van der Waals surface area contributed by atoms with E-state index in [2.05, 4.69) is 5.32 Å². The highest BCUT2D eigenvalue weighted by Gasteiger charge is 2.05. The van der Waals surface area contributed by atoms with E-state index in [-0.39, 0.29) is 13.2 Å². The molecule has 0 aliphatic carbocycles. The molecule has 5 heteroatoms. The molecule has 0 bridgehead atoms. The molecule has 1 atom stereocenters. The fraction of sp³-hybridized carbons (Fsp3) is 0.364. The number of rotatable bonds is 5. The standard InChI is InChI=1S/C11H16N2O3/c1-8-2-4-10(5-3-8)16-7-9(14)6-13-11(12)15/h2-5,9,14H,6-7H2,1H3,(H3,12,13,15)/t9-/m1/s1. The molecule has 2 amide bonds. The minimum atomic E-state index is -0.770. The maximum absolute atomic E-state index is 10.4. The van der Waals surface area contributed by atoms with Gasteiger partial charge in [-0.15, -0.1) is 0 Å². The van der Waals surface area contributed by atoms with E-state index in [1.165, 1.54) is 0 Å². The van der Waals surface area contributed by atoms with Crippen molar-refractivity contribution >= 4 is 6.03 Å². The Labute approximate surface area is 94.2 Å². The lowest BCUT2D eigenvalue weighted by Crippen LogP contribution is -2.38. The van der Waals surface area contributed by atoms with Gasteiger partial charge >= 0.3 is 6.03 Å². The number of amides is 2. The van der Waals surface area contributed by atoms with Crippen molar-refractivity contribution in [1.82, 2.24) is 5.32 Å². The van der Waals surface area contributed by atoms with Crippen LogP contribution in [-0.4, -0.2) is 30.4 Å². The number of primary amides is 1. The third-order valence-corrected chi connectivity index (χ3v) is 1.98. The highest BCUT2D eigenvalue weighted by Crippen LogP contribution is 2.11. The van der Waals surface area contributed by atoms with Crippen LogP contribution >= 0.6 is 0 Å². The van der Waals surface area contributed by atoms with Gasteiger partial charge in [-0.25, -0.2) is 4.79 Å². The topological polar surface area (TPSA) is 84.6 Å². The van der Waals surface area contributed by atoms with Crippen LogP contribution in [0.2, 0.25) is 0 Å². The van der Waals surface area contributed by atoms with Crippen LogP contribution in [-0.2, 0) is 0 Å². The Hall–Kier alpha value is -1.75. The Kier molecular flexibility index (Phi) is 4.60. The van der Waals surface area contributed by atoms with E-state index in [4.69, 9.17) is 10.5 Å². The van der Waals surface area contributed by atoms with Crippen molar-refractivity contribution in [3.8, 4) is 5.75 Å². The molecule has 0 saturated heterocycles. The predicted molar refractivity (Wildman–Crippen MR) is 60.3 cm³/mol. The fourth-order valence-corrected chi connectivity index (χ4v) is 1.10. The van der Waals surface area contributed by atoms with Crippen molar-refractivity contribution in [3.05, 3.63) is 29.8 Å². The highest BCUT2D eigenvalue weighted by atomic mass is 16.5. The lowest BCUT2D eigenvalue weighted by molar-refractivity contribution is 0.108. The van der Waals surface area contributed by atoms with Gasteiger partial charge in [-0.2, -0.15) is 0 Å². The summed E-state index contributed by atoms with van der Waals surface area (Å²) in [6.07, 6.45) is -0.770. The summed E-state index contributed by atoms with van der Waals surface area (Å²) in [6, 6.07) is 6.83. The smallest absolute Gasteiger partial charge is 0.312 e. The molecule has 0 radical (unpaired) electrons. The molecule has 1 aromatic carbocycles. The van der Waals surface area contributed by atoms with Gasteiger partial charge in [0.25, 0.3) is 0 Å². The van der Waals surface area contributed by atoms with Gasteiger partial charge in [-0.05, 0) is 19.1 Å². The van der Waals surface area contributed by atoms with Crippen molar-refractivity contribution < 1.29 is 14.6 Å². The van der Waals surface area contributed by atoms with Gasteiger partial charge in [0, 0.05) is 6.54 Å². The van der Waals surface area contributed by atoms with Crippen LogP contribution in [0.1, 0.15) is 5.56 Å². The number of nitrogens with two attached hydrogens (primary N) is 1. The quantitative estimate of drug-likeness (QED) is 0.677. The SMILES string of the molecule is Cc1ccc(OC[C@H](O)CNC(N)=O)cc1. The molecular weight excluding hydrogens is 208 g/mol. The molecule has 0 aromatic heterocycles. The Morgan fingerprint density at radius 1 is 1.50 bits per heavy atom. The molecule has 5 nitrogen and oxygen atoms in total. The number of carbonyl (C=O) groups is 1. The summed E-state index contributed by atoms with van der Waals surface area (Å²) in [4.78, 5) is 10.4. The third kappa shape index (κ3) is 4.65. The molecule has 1 rings (SSSR count). The number of aryl methyl sites for hydroxylation is 1. The summed E-state index contributed by atoms with van der Waals surface area (Å²) >= 11 is 0. The molecule has 0 saturated carbocycles. The van der Waals surface area contributed by atoms with Gasteiger partial charge in [-0.3, -0.25) is 0 Å². The summed E-state index contributed by atoms with van der Waals surface area (Å²) in [6.45, 7) is 2.18. The van der Waals surface area contributed by atoms with Crippen LogP contribution in [0.4, 0.5) is 4.79 Å². The van der Waals surface area contributed by atoms with Gasteiger partial charge in [0.05, 0.1) is 0 Å². The first-order valence-electron chi connectivity index (χ1n) is 4.99. The van der Waals surface area contributed by atoms with Crippen molar-refractivity contribution in [1.29, 1.82) is 0 Å². The van der Waals surface area contributed by atoms with Gasteiger partial charge < -0.3 is 20.9 Å². The second kappa shape index (κ2) is 5.97. The van der Waals surface area contributed by atoms with Crippen molar-refractivity contribution in [2.45, 2.75) is 13.0 Å². The van der Waals surface area contributed by atoms with E-state index >= 15 is 0 Å². The zero-order chi connectivity index (χ0) is 12.0. The minimum absolute atomic E-state index is 0.0845. The van der Waals surface area contributed by atoms with E-state index in [0.29, 0.717) is 5.75 Å². The molecule has 0 aliphatic heterocycles. The first kappa shape index (κ1) is 12.3. The fourth-order valence-electron chi connectivity index (χ4n) is 1.10. The second-order valence-corrected chi connectivity index (χ2v) is 3.52. The van der Waals surface area contributed by atoms with Crippen LogP contribution in [0.5, 0.6) is 5.75 Å². The Morgan fingerprint density at radius 2 is 2.12 bits per heavy atom. The van der Waals surface area contributed by atoms with Crippen molar-refractivity contribution in [2.75, 3.05) is 13.2 Å². The zero-order valence-corrected chi connectivity index (χ0v) is 9.14. The highest BCUT2D eigenvalue weighted by molar-refractivity contribution is 5.71. The summed E-state index contributed by atoms with van der Waals surface area (Å²) < 4.78 is 5.31. The number of hydrogen-bond donors (Lipinski definition) is 3. The molecule has 1 aromatic rings. The van der Waals surface area contributed by atoms with Crippen LogP contribution in [0.3, 0.4) is 0 Å². The summed E-state index contributed by atoms with van der Waals surface area (Å²) in [5, 5.41) is 11.7. The molecule has 16 heavy (non-hydrogen) atoms. The zero-order valence-electron chi connectivity index (χ0n) is 9.14. The second-order valence-electron chi connectivity index (χ2n) is 3.52. The normalized spacial score (nSPS) is 11.9. The number of ether oxygens (including phenoxy) is 1. The number of benzene rings is 1. The minimum Gasteiger partial charge on any atom is -0.491 e. The molecule has 4 N–H and O–H groups in total. The lowest BCUT2D eigenvalue weighted by atomic mass is 10.2. The Morgan fingerprint density at radius 3 is 2.69 bits per heavy atom. The van der Waals surface area contributed by atoms with Gasteiger partial charge in [-0.1, -0.05) is 17.7 Å². The van der Waals surface area contributed by atoms with E-state index in [1.807, 2.05) is 31.2 Å². The largest absolute Gasteiger partial charge is 0.491 e. The van der Waals surface area contributed by atoms with Gasteiger partial charge in [0.2, 0.25) is 0 Å². The summed E-state index contributed by atoms with van der Waals surface area (Å²) in [7, 11) is 0. The van der Waals surface area contributed by atoms with Crippen molar-refractivity contribution in [2.24, 2.45) is 5.73 Å².